The van der Waals surface area contributed by atoms with Crippen LogP contribution in [0.2, 0.25) is 0 Å². The maximum absolute atomic E-state index is 12.6. The van der Waals surface area contributed by atoms with E-state index in [1.165, 1.54) is 7.11 Å². The van der Waals surface area contributed by atoms with E-state index < -0.39 is 5.97 Å². The zero-order chi connectivity index (χ0) is 20.4. The summed E-state index contributed by atoms with van der Waals surface area (Å²) < 4.78 is 16.4. The second kappa shape index (κ2) is 7.64. The molecule has 0 saturated carbocycles. The zero-order valence-electron chi connectivity index (χ0n) is 16.0. The van der Waals surface area contributed by atoms with Crippen LogP contribution in [-0.2, 0) is 0 Å². The van der Waals surface area contributed by atoms with Gasteiger partial charge in [-0.05, 0) is 48.4 Å². The number of ketones is 1. The molecule has 3 aromatic carbocycles. The van der Waals surface area contributed by atoms with Gasteiger partial charge in [0.2, 0.25) is 5.78 Å². The van der Waals surface area contributed by atoms with Gasteiger partial charge >= 0.3 is 5.97 Å². The number of aryl methyl sites for hydroxylation is 1. The summed E-state index contributed by atoms with van der Waals surface area (Å²) in [7, 11) is 1.49. The van der Waals surface area contributed by atoms with E-state index in [0.717, 1.165) is 11.1 Å². The number of benzene rings is 3. The maximum atomic E-state index is 12.6. The number of rotatable bonds is 4. The molecule has 144 valence electrons. The summed E-state index contributed by atoms with van der Waals surface area (Å²) in [6.45, 7) is 1.97. The Hall–Kier alpha value is -3.86. The lowest BCUT2D eigenvalue weighted by Crippen LogP contribution is -2.10. The van der Waals surface area contributed by atoms with Gasteiger partial charge in [-0.1, -0.05) is 36.4 Å². The molecule has 0 saturated heterocycles. The highest BCUT2D eigenvalue weighted by Gasteiger charge is 2.28. The Kier molecular flexibility index (Phi) is 4.87. The van der Waals surface area contributed by atoms with Gasteiger partial charge in [-0.15, -0.1) is 0 Å². The van der Waals surface area contributed by atoms with Crippen molar-refractivity contribution >= 4 is 17.8 Å². The molecular weight excluding hydrogens is 368 g/mol. The second-order valence-electron chi connectivity index (χ2n) is 6.54. The van der Waals surface area contributed by atoms with Crippen LogP contribution in [0.15, 0.2) is 72.5 Å². The first kappa shape index (κ1) is 18.5. The van der Waals surface area contributed by atoms with Gasteiger partial charge in [-0.25, -0.2) is 4.79 Å². The van der Waals surface area contributed by atoms with Crippen molar-refractivity contribution in [3.8, 4) is 17.2 Å². The van der Waals surface area contributed by atoms with E-state index in [0.29, 0.717) is 22.6 Å². The lowest BCUT2D eigenvalue weighted by Gasteiger charge is -2.08. The maximum Gasteiger partial charge on any atom is 0.347 e. The van der Waals surface area contributed by atoms with E-state index in [2.05, 4.69) is 0 Å². The van der Waals surface area contributed by atoms with Crippen LogP contribution < -0.4 is 14.2 Å². The molecule has 0 unspecified atom stereocenters. The van der Waals surface area contributed by atoms with Gasteiger partial charge in [-0.2, -0.15) is 0 Å². The third-order valence-corrected chi connectivity index (χ3v) is 4.65. The summed E-state index contributed by atoms with van der Waals surface area (Å²) in [4.78, 5) is 25.1. The summed E-state index contributed by atoms with van der Waals surface area (Å²) >= 11 is 0. The van der Waals surface area contributed by atoms with Gasteiger partial charge in [0.1, 0.15) is 22.8 Å². The van der Waals surface area contributed by atoms with Crippen LogP contribution in [0.5, 0.6) is 17.2 Å². The van der Waals surface area contributed by atoms with Gasteiger partial charge in [0.05, 0.1) is 12.7 Å². The van der Waals surface area contributed by atoms with E-state index in [1.807, 2.05) is 31.2 Å². The number of methoxy groups -OCH3 is 1. The summed E-state index contributed by atoms with van der Waals surface area (Å²) in [5.74, 6) is 0.550. The van der Waals surface area contributed by atoms with Crippen LogP contribution in [0.1, 0.15) is 31.8 Å². The van der Waals surface area contributed by atoms with Crippen molar-refractivity contribution in [3.63, 3.8) is 0 Å². The number of esters is 1. The molecule has 5 nitrogen and oxygen atoms in total. The Labute approximate surface area is 168 Å². The van der Waals surface area contributed by atoms with Gasteiger partial charge in [0.15, 0.2) is 5.76 Å². The average molecular weight is 386 g/mol. The highest BCUT2D eigenvalue weighted by Crippen LogP contribution is 2.35. The predicted octanol–water partition coefficient (Wildman–Crippen LogP) is 4.84. The number of ether oxygens (including phenoxy) is 3. The molecule has 0 N–H and O–H groups in total. The van der Waals surface area contributed by atoms with E-state index in [4.69, 9.17) is 14.2 Å². The van der Waals surface area contributed by atoms with E-state index in [9.17, 15) is 9.59 Å². The fourth-order valence-corrected chi connectivity index (χ4v) is 3.10. The molecule has 0 aliphatic carbocycles. The molecular formula is C24H18O5. The number of para-hydroxylation sites is 1. The number of fused-ring (bicyclic) bond motifs is 1. The van der Waals surface area contributed by atoms with Crippen LogP contribution >= 0.6 is 0 Å². The first-order valence-corrected chi connectivity index (χ1v) is 9.06. The molecule has 0 atom stereocenters. The zero-order valence-corrected chi connectivity index (χ0v) is 16.0. The Bertz CT molecular complexity index is 1140. The lowest BCUT2D eigenvalue weighted by molar-refractivity contribution is 0.0731. The van der Waals surface area contributed by atoms with Gasteiger partial charge in [0.25, 0.3) is 0 Å². The van der Waals surface area contributed by atoms with Crippen molar-refractivity contribution in [2.75, 3.05) is 7.11 Å². The van der Waals surface area contributed by atoms with Crippen molar-refractivity contribution in [2.24, 2.45) is 0 Å². The number of hydrogen-bond acceptors (Lipinski definition) is 5. The minimum atomic E-state index is -0.553. The van der Waals surface area contributed by atoms with Crippen molar-refractivity contribution in [1.82, 2.24) is 0 Å². The Morgan fingerprint density at radius 2 is 1.76 bits per heavy atom. The van der Waals surface area contributed by atoms with Crippen molar-refractivity contribution in [1.29, 1.82) is 0 Å². The summed E-state index contributed by atoms with van der Waals surface area (Å²) in [6, 6.07) is 19.2. The minimum Gasteiger partial charge on any atom is -0.496 e. The van der Waals surface area contributed by atoms with Crippen molar-refractivity contribution < 1.29 is 23.8 Å². The van der Waals surface area contributed by atoms with Gasteiger partial charge in [0, 0.05) is 6.07 Å². The molecule has 0 radical (unpaired) electrons. The first-order valence-electron chi connectivity index (χ1n) is 9.06. The van der Waals surface area contributed by atoms with Crippen LogP contribution in [0.3, 0.4) is 0 Å². The fraction of sp³-hybridized carbons (Fsp3) is 0.0833. The minimum absolute atomic E-state index is 0.203. The molecule has 5 heteroatoms. The molecule has 4 rings (SSSR count). The van der Waals surface area contributed by atoms with E-state index in [1.54, 1.807) is 48.5 Å². The monoisotopic (exact) mass is 386 g/mol. The van der Waals surface area contributed by atoms with Gasteiger partial charge in [-0.3, -0.25) is 4.79 Å². The fourth-order valence-electron chi connectivity index (χ4n) is 3.10. The lowest BCUT2D eigenvalue weighted by atomic mass is 10.1. The summed E-state index contributed by atoms with van der Waals surface area (Å²) in [5.41, 5.74) is 2.69. The standard InChI is InChI=1S/C24H18O5/c1-15-7-3-4-8-16(15)13-22-23(25)18-12-11-17(14-21(18)29-22)28-24(26)19-9-5-6-10-20(19)27-2/h3-14H,1-2H3/b22-13+. The molecule has 1 aliphatic heterocycles. The van der Waals surface area contributed by atoms with E-state index in [-0.39, 0.29) is 17.3 Å². The number of carbonyl (C=O) groups excluding carboxylic acids is 2. The smallest absolute Gasteiger partial charge is 0.347 e. The van der Waals surface area contributed by atoms with Crippen LogP contribution in [0.4, 0.5) is 0 Å². The molecule has 0 fully saturated rings. The largest absolute Gasteiger partial charge is 0.496 e. The average Bonchev–Trinajstić information content (AvgIpc) is 3.04. The molecule has 3 aromatic rings. The number of Topliss-reactive ketones (excluding diaryl/α,β-unsaturated/α-hetero) is 1. The molecule has 0 spiro atoms. The highest BCUT2D eigenvalue weighted by atomic mass is 16.5. The van der Waals surface area contributed by atoms with Crippen LogP contribution in [-0.4, -0.2) is 18.9 Å². The summed E-state index contributed by atoms with van der Waals surface area (Å²) in [6.07, 6.45) is 1.72. The highest BCUT2D eigenvalue weighted by molar-refractivity contribution is 6.14. The number of allylic oxidation sites excluding steroid dienone is 1. The topological polar surface area (TPSA) is 61.8 Å². The Morgan fingerprint density at radius 1 is 1.00 bits per heavy atom. The normalized spacial score (nSPS) is 13.7. The number of carbonyl (C=O) groups is 2. The number of hydrogen-bond donors (Lipinski definition) is 0. The molecule has 0 bridgehead atoms. The molecule has 29 heavy (non-hydrogen) atoms. The molecule has 0 aromatic heterocycles. The van der Waals surface area contributed by atoms with Gasteiger partial charge < -0.3 is 14.2 Å². The predicted molar refractivity (Wildman–Crippen MR) is 109 cm³/mol. The van der Waals surface area contributed by atoms with Crippen molar-refractivity contribution in [3.05, 3.63) is 94.7 Å². The van der Waals surface area contributed by atoms with Crippen molar-refractivity contribution in [2.45, 2.75) is 6.92 Å². The van der Waals surface area contributed by atoms with Crippen LogP contribution in [0.25, 0.3) is 6.08 Å². The third kappa shape index (κ3) is 3.62. The Balaban J connectivity index is 1.58. The third-order valence-electron chi connectivity index (χ3n) is 4.65. The first-order chi connectivity index (χ1) is 14.1. The van der Waals surface area contributed by atoms with E-state index >= 15 is 0 Å². The second-order valence-corrected chi connectivity index (χ2v) is 6.54. The summed E-state index contributed by atoms with van der Waals surface area (Å²) in [5, 5.41) is 0. The Morgan fingerprint density at radius 3 is 2.55 bits per heavy atom. The molecule has 1 aliphatic rings. The quantitative estimate of drug-likeness (QED) is 0.365. The SMILES string of the molecule is COc1ccccc1C(=O)Oc1ccc2c(c1)O/C(=C/c1ccccc1C)C2=O. The molecule has 1 heterocycles. The van der Waals surface area contributed by atoms with Crippen LogP contribution in [0, 0.1) is 6.92 Å². The molecule has 0 amide bonds.